The quantitative estimate of drug-likeness (QED) is 0.602. The number of fused-ring (bicyclic) bond motifs is 1. The second kappa shape index (κ2) is 7.18. The molecule has 1 aliphatic heterocycles. The van der Waals surface area contributed by atoms with E-state index >= 15 is 0 Å². The minimum Gasteiger partial charge on any atom is -0.494 e. The first kappa shape index (κ1) is 17.3. The highest BCUT2D eigenvalue weighted by atomic mass is 16.7. The van der Waals surface area contributed by atoms with Gasteiger partial charge in [0.2, 0.25) is 12.7 Å². The molecule has 0 saturated heterocycles. The van der Waals surface area contributed by atoms with Crippen molar-refractivity contribution in [2.75, 3.05) is 24.5 Å². The molecule has 1 aliphatic rings. The molecule has 1 atom stereocenters. The molecule has 136 valence electrons. The van der Waals surface area contributed by atoms with Gasteiger partial charge in [0, 0.05) is 17.8 Å². The highest BCUT2D eigenvalue weighted by Gasteiger charge is 2.19. The largest absolute Gasteiger partial charge is 0.494 e. The Bertz CT molecular complexity index is 854. The maximum atomic E-state index is 12.4. The Morgan fingerprint density at radius 2 is 2.00 bits per heavy atom. The van der Waals surface area contributed by atoms with Gasteiger partial charge in [0.05, 0.1) is 23.8 Å². The van der Waals surface area contributed by atoms with E-state index in [-0.39, 0.29) is 24.1 Å². The van der Waals surface area contributed by atoms with Gasteiger partial charge in [-0.3, -0.25) is 14.9 Å². The monoisotopic (exact) mass is 359 g/mol. The van der Waals surface area contributed by atoms with Crippen LogP contribution in [0.4, 0.5) is 17.1 Å². The summed E-state index contributed by atoms with van der Waals surface area (Å²) in [7, 11) is 1.38. The fraction of sp³-hybridized carbons (Fsp3) is 0.235. The number of methoxy groups -OCH3 is 1. The van der Waals surface area contributed by atoms with Crippen LogP contribution in [0.3, 0.4) is 0 Å². The van der Waals surface area contributed by atoms with Gasteiger partial charge >= 0.3 is 0 Å². The molecule has 0 bridgehead atoms. The molecule has 9 nitrogen and oxygen atoms in total. The molecular formula is C17H17N3O6. The number of carbonyl (C=O) groups is 1. The van der Waals surface area contributed by atoms with Gasteiger partial charge in [-0.05, 0) is 25.1 Å². The van der Waals surface area contributed by atoms with Crippen LogP contribution >= 0.6 is 0 Å². The lowest BCUT2D eigenvalue weighted by atomic mass is 10.2. The van der Waals surface area contributed by atoms with Crippen molar-refractivity contribution in [1.29, 1.82) is 0 Å². The SMILES string of the molecule is COc1cc([N+](=O)[O-])ccc1NC(=O)[C@H](C)Nc1ccc2c(c1)OCO2. The third kappa shape index (κ3) is 3.61. The number of nitrogens with zero attached hydrogens (tertiary/aromatic N) is 1. The average molecular weight is 359 g/mol. The Morgan fingerprint density at radius 3 is 2.73 bits per heavy atom. The van der Waals surface area contributed by atoms with Crippen LogP contribution in [0, 0.1) is 10.1 Å². The minimum absolute atomic E-state index is 0.119. The van der Waals surface area contributed by atoms with Crippen molar-refractivity contribution in [2.45, 2.75) is 13.0 Å². The first-order chi connectivity index (χ1) is 12.5. The summed E-state index contributed by atoms with van der Waals surface area (Å²) >= 11 is 0. The highest BCUT2D eigenvalue weighted by molar-refractivity contribution is 5.97. The summed E-state index contributed by atoms with van der Waals surface area (Å²) in [5, 5.41) is 16.6. The van der Waals surface area contributed by atoms with Crippen molar-refractivity contribution in [1.82, 2.24) is 0 Å². The molecular weight excluding hydrogens is 342 g/mol. The van der Waals surface area contributed by atoms with Crippen LogP contribution in [0.1, 0.15) is 6.92 Å². The number of nitro groups is 1. The number of nitrogens with one attached hydrogen (secondary N) is 2. The van der Waals surface area contributed by atoms with Crippen molar-refractivity contribution in [3.8, 4) is 17.2 Å². The second-order valence-corrected chi connectivity index (χ2v) is 5.57. The van der Waals surface area contributed by atoms with Gasteiger partial charge in [-0.25, -0.2) is 0 Å². The predicted octanol–water partition coefficient (Wildman–Crippen LogP) is 2.77. The van der Waals surface area contributed by atoms with Crippen molar-refractivity contribution in [2.24, 2.45) is 0 Å². The molecule has 0 unspecified atom stereocenters. The van der Waals surface area contributed by atoms with Crippen molar-refractivity contribution in [3.05, 3.63) is 46.5 Å². The zero-order chi connectivity index (χ0) is 18.7. The molecule has 0 aromatic heterocycles. The van der Waals surface area contributed by atoms with Gasteiger partial charge in [-0.15, -0.1) is 0 Å². The van der Waals surface area contributed by atoms with Crippen LogP contribution in [0.2, 0.25) is 0 Å². The molecule has 3 rings (SSSR count). The second-order valence-electron chi connectivity index (χ2n) is 5.57. The first-order valence-electron chi connectivity index (χ1n) is 7.77. The smallest absolute Gasteiger partial charge is 0.273 e. The minimum atomic E-state index is -0.574. The van der Waals surface area contributed by atoms with Gasteiger partial charge in [0.1, 0.15) is 11.8 Å². The van der Waals surface area contributed by atoms with E-state index in [4.69, 9.17) is 14.2 Å². The highest BCUT2D eigenvalue weighted by Crippen LogP contribution is 2.34. The Balaban J connectivity index is 1.68. The zero-order valence-corrected chi connectivity index (χ0v) is 14.1. The molecule has 9 heteroatoms. The third-order valence-electron chi connectivity index (χ3n) is 3.80. The molecule has 2 aromatic rings. The Morgan fingerprint density at radius 1 is 1.23 bits per heavy atom. The van der Waals surface area contributed by atoms with E-state index in [0.29, 0.717) is 22.9 Å². The fourth-order valence-electron chi connectivity index (χ4n) is 2.44. The molecule has 26 heavy (non-hydrogen) atoms. The summed E-state index contributed by atoms with van der Waals surface area (Å²) in [4.78, 5) is 22.7. The third-order valence-corrected chi connectivity index (χ3v) is 3.80. The lowest BCUT2D eigenvalue weighted by Gasteiger charge is -2.16. The van der Waals surface area contributed by atoms with Gasteiger partial charge in [0.25, 0.3) is 5.69 Å². The van der Waals surface area contributed by atoms with E-state index in [2.05, 4.69) is 10.6 Å². The molecule has 0 saturated carbocycles. The Kier molecular flexibility index (Phi) is 4.78. The number of hydrogen-bond acceptors (Lipinski definition) is 7. The van der Waals surface area contributed by atoms with E-state index in [1.165, 1.54) is 25.3 Å². The fourth-order valence-corrected chi connectivity index (χ4v) is 2.44. The number of anilines is 2. The number of rotatable bonds is 6. The molecule has 0 fully saturated rings. The van der Waals surface area contributed by atoms with Gasteiger partial charge in [-0.1, -0.05) is 0 Å². The van der Waals surface area contributed by atoms with E-state index < -0.39 is 11.0 Å². The van der Waals surface area contributed by atoms with Crippen LogP contribution in [0.15, 0.2) is 36.4 Å². The maximum Gasteiger partial charge on any atom is 0.273 e. The maximum absolute atomic E-state index is 12.4. The zero-order valence-electron chi connectivity index (χ0n) is 14.1. The summed E-state index contributed by atoms with van der Waals surface area (Å²) in [6.07, 6.45) is 0. The van der Waals surface area contributed by atoms with Crippen LogP contribution in [0.25, 0.3) is 0 Å². The average Bonchev–Trinajstić information content (AvgIpc) is 3.09. The standard InChI is InChI=1S/C17H17N3O6/c1-10(18-11-3-6-14-16(7-11)26-9-25-14)17(21)19-13-5-4-12(20(22)23)8-15(13)24-2/h3-8,10,18H,9H2,1-2H3,(H,19,21)/t10-/m0/s1. The number of hydrogen-bond donors (Lipinski definition) is 2. The summed E-state index contributed by atoms with van der Waals surface area (Å²) in [5.41, 5.74) is 0.932. The van der Waals surface area contributed by atoms with Gasteiger partial charge < -0.3 is 24.8 Å². The van der Waals surface area contributed by atoms with Crippen molar-refractivity contribution in [3.63, 3.8) is 0 Å². The van der Waals surface area contributed by atoms with E-state index in [9.17, 15) is 14.9 Å². The molecule has 2 N–H and O–H groups in total. The Labute approximate surface area is 149 Å². The number of benzene rings is 2. The van der Waals surface area contributed by atoms with Crippen LogP contribution in [-0.2, 0) is 4.79 Å². The molecule has 0 spiro atoms. The lowest BCUT2D eigenvalue weighted by Crippen LogP contribution is -2.32. The molecule has 0 radical (unpaired) electrons. The Hall–Kier alpha value is -3.49. The van der Waals surface area contributed by atoms with Crippen molar-refractivity contribution >= 4 is 23.0 Å². The van der Waals surface area contributed by atoms with E-state index in [1.807, 2.05) is 0 Å². The molecule has 2 aromatic carbocycles. The number of non-ortho nitro benzene ring substituents is 1. The molecule has 0 aliphatic carbocycles. The summed E-state index contributed by atoms with van der Waals surface area (Å²) in [6.45, 7) is 1.87. The van der Waals surface area contributed by atoms with Gasteiger partial charge in [-0.2, -0.15) is 0 Å². The first-order valence-corrected chi connectivity index (χ1v) is 7.77. The predicted molar refractivity (Wildman–Crippen MR) is 93.9 cm³/mol. The lowest BCUT2D eigenvalue weighted by molar-refractivity contribution is -0.384. The van der Waals surface area contributed by atoms with Crippen LogP contribution in [0.5, 0.6) is 17.2 Å². The van der Waals surface area contributed by atoms with Gasteiger partial charge in [0.15, 0.2) is 11.5 Å². The van der Waals surface area contributed by atoms with Crippen LogP contribution in [-0.4, -0.2) is 30.8 Å². The van der Waals surface area contributed by atoms with Crippen LogP contribution < -0.4 is 24.8 Å². The van der Waals surface area contributed by atoms with E-state index in [1.54, 1.807) is 25.1 Å². The number of ether oxygens (including phenoxy) is 3. The summed E-state index contributed by atoms with van der Waals surface area (Å²) < 4.78 is 15.7. The normalized spacial score (nSPS) is 13.0. The summed E-state index contributed by atoms with van der Waals surface area (Å²) in [6, 6.07) is 8.70. The topological polar surface area (TPSA) is 112 Å². The number of carbonyl (C=O) groups excluding carboxylic acids is 1. The van der Waals surface area contributed by atoms with Crippen molar-refractivity contribution < 1.29 is 23.9 Å². The number of nitro benzene ring substituents is 1. The molecule has 1 amide bonds. The number of amides is 1. The molecule has 1 heterocycles. The summed E-state index contributed by atoms with van der Waals surface area (Å²) in [5.74, 6) is 1.15. The van der Waals surface area contributed by atoms with E-state index in [0.717, 1.165) is 0 Å².